The third kappa shape index (κ3) is 3.53. The van der Waals surface area contributed by atoms with Crippen molar-refractivity contribution < 1.29 is 4.79 Å². The molecule has 0 saturated heterocycles. The highest BCUT2D eigenvalue weighted by atomic mass is 16.2. The molecule has 1 atom stereocenters. The lowest BCUT2D eigenvalue weighted by molar-refractivity contribution is -0.122. The summed E-state index contributed by atoms with van der Waals surface area (Å²) in [5, 5.41) is 0. The zero-order chi connectivity index (χ0) is 12.7. The normalized spacial score (nSPS) is 12.2. The summed E-state index contributed by atoms with van der Waals surface area (Å²) < 4.78 is 0. The summed E-state index contributed by atoms with van der Waals surface area (Å²) in [7, 11) is 0. The molecule has 4 heteroatoms. The van der Waals surface area contributed by atoms with Crippen LogP contribution in [-0.4, -0.2) is 24.0 Å². The molecule has 94 valence electrons. The zero-order valence-corrected chi connectivity index (χ0v) is 10.6. The molecule has 0 aliphatic carbocycles. The molecule has 0 radical (unpaired) electrons. The molecule has 0 bridgehead atoms. The van der Waals surface area contributed by atoms with Crippen molar-refractivity contribution in [1.82, 2.24) is 4.98 Å². The van der Waals surface area contributed by atoms with Gasteiger partial charge >= 0.3 is 0 Å². The van der Waals surface area contributed by atoms with Gasteiger partial charge in [-0.25, -0.2) is 0 Å². The maximum Gasteiger partial charge on any atom is 0.231 e. The third-order valence-electron chi connectivity index (χ3n) is 2.83. The molecule has 1 rings (SSSR count). The van der Waals surface area contributed by atoms with E-state index in [2.05, 4.69) is 11.9 Å². The average molecular weight is 235 g/mol. The smallest absolute Gasteiger partial charge is 0.231 e. The fourth-order valence-electron chi connectivity index (χ4n) is 1.90. The summed E-state index contributed by atoms with van der Waals surface area (Å²) in [4.78, 5) is 18.1. The zero-order valence-electron chi connectivity index (χ0n) is 10.6. The molecule has 17 heavy (non-hydrogen) atoms. The summed E-state index contributed by atoms with van der Waals surface area (Å²) in [6.45, 7) is 5.10. The van der Waals surface area contributed by atoms with Crippen LogP contribution in [0.25, 0.3) is 0 Å². The Kier molecular flexibility index (Phi) is 5.63. The lowest BCUT2D eigenvalue weighted by atomic mass is 10.0. The monoisotopic (exact) mass is 235 g/mol. The second-order valence-corrected chi connectivity index (χ2v) is 4.01. The molecule has 0 aliphatic heterocycles. The van der Waals surface area contributed by atoms with Gasteiger partial charge in [-0.05, 0) is 25.5 Å². The molecule has 0 saturated carbocycles. The molecule has 0 aliphatic rings. The Morgan fingerprint density at radius 2 is 2.06 bits per heavy atom. The Labute approximate surface area is 103 Å². The molecule has 1 aromatic rings. The van der Waals surface area contributed by atoms with E-state index >= 15 is 0 Å². The van der Waals surface area contributed by atoms with Crippen molar-refractivity contribution >= 4 is 11.6 Å². The standard InChI is InChI=1S/C13H21N3O/c1-3-5-11(10-14)13(17)16(4-2)12-6-8-15-9-7-12/h6-9,11H,3-5,10,14H2,1-2H3. The Morgan fingerprint density at radius 3 is 2.53 bits per heavy atom. The predicted molar refractivity (Wildman–Crippen MR) is 69.7 cm³/mol. The van der Waals surface area contributed by atoms with Gasteiger partial charge in [0.25, 0.3) is 0 Å². The number of hydrogen-bond donors (Lipinski definition) is 1. The maximum atomic E-state index is 12.3. The van der Waals surface area contributed by atoms with E-state index < -0.39 is 0 Å². The molecular weight excluding hydrogens is 214 g/mol. The maximum absolute atomic E-state index is 12.3. The van der Waals surface area contributed by atoms with Crippen LogP contribution in [0.15, 0.2) is 24.5 Å². The van der Waals surface area contributed by atoms with Crippen LogP contribution in [0.4, 0.5) is 5.69 Å². The van der Waals surface area contributed by atoms with Crippen LogP contribution < -0.4 is 10.6 Å². The number of nitrogens with two attached hydrogens (primary N) is 1. The van der Waals surface area contributed by atoms with Crippen LogP contribution in [-0.2, 0) is 4.79 Å². The summed E-state index contributed by atoms with van der Waals surface area (Å²) in [5.41, 5.74) is 6.56. The topological polar surface area (TPSA) is 59.2 Å². The quantitative estimate of drug-likeness (QED) is 0.818. The van der Waals surface area contributed by atoms with Gasteiger partial charge in [-0.3, -0.25) is 9.78 Å². The summed E-state index contributed by atoms with van der Waals surface area (Å²) >= 11 is 0. The predicted octanol–water partition coefficient (Wildman–Crippen LogP) is 1.81. The van der Waals surface area contributed by atoms with Crippen molar-refractivity contribution in [2.24, 2.45) is 11.7 Å². The van der Waals surface area contributed by atoms with Crippen molar-refractivity contribution in [3.63, 3.8) is 0 Å². The number of carbonyl (C=O) groups is 1. The minimum Gasteiger partial charge on any atom is -0.330 e. The number of carbonyl (C=O) groups excluding carboxylic acids is 1. The molecule has 0 fully saturated rings. The second kappa shape index (κ2) is 7.01. The van der Waals surface area contributed by atoms with Crippen molar-refractivity contribution in [1.29, 1.82) is 0 Å². The van der Waals surface area contributed by atoms with Gasteiger partial charge < -0.3 is 10.6 Å². The molecular formula is C13H21N3O. The Hall–Kier alpha value is -1.42. The largest absolute Gasteiger partial charge is 0.330 e. The number of aromatic nitrogens is 1. The van der Waals surface area contributed by atoms with Gasteiger partial charge in [-0.2, -0.15) is 0 Å². The van der Waals surface area contributed by atoms with Gasteiger partial charge in [0, 0.05) is 31.2 Å². The van der Waals surface area contributed by atoms with Gasteiger partial charge in [0.15, 0.2) is 0 Å². The molecule has 1 heterocycles. The van der Waals surface area contributed by atoms with E-state index in [1.54, 1.807) is 17.3 Å². The first-order valence-electron chi connectivity index (χ1n) is 6.16. The Balaban J connectivity index is 2.83. The summed E-state index contributed by atoms with van der Waals surface area (Å²) in [5.74, 6) is 0.0381. The van der Waals surface area contributed by atoms with E-state index in [1.807, 2.05) is 19.1 Å². The van der Waals surface area contributed by atoms with Crippen LogP contribution >= 0.6 is 0 Å². The van der Waals surface area contributed by atoms with Crippen molar-refractivity contribution in [2.75, 3.05) is 18.0 Å². The number of amides is 1. The number of pyridine rings is 1. The highest BCUT2D eigenvalue weighted by Gasteiger charge is 2.22. The van der Waals surface area contributed by atoms with Crippen molar-refractivity contribution in [3.8, 4) is 0 Å². The third-order valence-corrected chi connectivity index (χ3v) is 2.83. The van der Waals surface area contributed by atoms with Crippen LogP contribution in [0, 0.1) is 5.92 Å². The number of hydrogen-bond acceptors (Lipinski definition) is 3. The van der Waals surface area contributed by atoms with E-state index in [0.717, 1.165) is 18.5 Å². The molecule has 0 spiro atoms. The minimum atomic E-state index is -0.0758. The molecule has 0 aromatic carbocycles. The number of nitrogens with zero attached hydrogens (tertiary/aromatic N) is 2. The van der Waals surface area contributed by atoms with Gasteiger partial charge in [0.1, 0.15) is 0 Å². The number of rotatable bonds is 6. The first kappa shape index (κ1) is 13.6. The van der Waals surface area contributed by atoms with Crippen LogP contribution in [0.1, 0.15) is 26.7 Å². The van der Waals surface area contributed by atoms with E-state index in [4.69, 9.17) is 5.73 Å². The minimum absolute atomic E-state index is 0.0758. The summed E-state index contributed by atoms with van der Waals surface area (Å²) in [6, 6.07) is 3.70. The lowest BCUT2D eigenvalue weighted by Crippen LogP contribution is -2.39. The SMILES string of the molecule is CCCC(CN)C(=O)N(CC)c1ccncc1. The summed E-state index contributed by atoms with van der Waals surface area (Å²) in [6.07, 6.45) is 5.21. The van der Waals surface area contributed by atoms with Crippen LogP contribution in [0.2, 0.25) is 0 Å². The molecule has 1 unspecified atom stereocenters. The Bertz CT molecular complexity index is 340. The molecule has 1 amide bonds. The van der Waals surface area contributed by atoms with E-state index in [9.17, 15) is 4.79 Å². The number of anilines is 1. The van der Waals surface area contributed by atoms with Gasteiger partial charge in [0.2, 0.25) is 5.91 Å². The van der Waals surface area contributed by atoms with Crippen LogP contribution in [0.5, 0.6) is 0 Å². The van der Waals surface area contributed by atoms with Crippen LogP contribution in [0.3, 0.4) is 0 Å². The molecule has 4 nitrogen and oxygen atoms in total. The van der Waals surface area contributed by atoms with Gasteiger partial charge in [-0.15, -0.1) is 0 Å². The van der Waals surface area contributed by atoms with Gasteiger partial charge in [0.05, 0.1) is 5.92 Å². The lowest BCUT2D eigenvalue weighted by Gasteiger charge is -2.25. The Morgan fingerprint density at radius 1 is 1.41 bits per heavy atom. The van der Waals surface area contributed by atoms with Crippen molar-refractivity contribution in [3.05, 3.63) is 24.5 Å². The van der Waals surface area contributed by atoms with E-state index in [0.29, 0.717) is 13.1 Å². The average Bonchev–Trinajstić information content (AvgIpc) is 2.38. The molecule has 1 aromatic heterocycles. The van der Waals surface area contributed by atoms with Crippen molar-refractivity contribution in [2.45, 2.75) is 26.7 Å². The van der Waals surface area contributed by atoms with E-state index in [-0.39, 0.29) is 11.8 Å². The fraction of sp³-hybridized carbons (Fsp3) is 0.538. The second-order valence-electron chi connectivity index (χ2n) is 4.01. The highest BCUT2D eigenvalue weighted by Crippen LogP contribution is 2.17. The first-order chi connectivity index (χ1) is 8.24. The molecule has 2 N–H and O–H groups in total. The van der Waals surface area contributed by atoms with Gasteiger partial charge in [-0.1, -0.05) is 13.3 Å². The first-order valence-corrected chi connectivity index (χ1v) is 6.16. The fourth-order valence-corrected chi connectivity index (χ4v) is 1.90. The highest BCUT2D eigenvalue weighted by molar-refractivity contribution is 5.95. The van der Waals surface area contributed by atoms with E-state index in [1.165, 1.54) is 0 Å².